The van der Waals surface area contributed by atoms with Gasteiger partial charge >= 0.3 is 0 Å². The Morgan fingerprint density at radius 1 is 1.25 bits per heavy atom. The smallest absolute Gasteiger partial charge is 0.251 e. The van der Waals surface area contributed by atoms with E-state index in [2.05, 4.69) is 21.2 Å². The van der Waals surface area contributed by atoms with Gasteiger partial charge in [-0.15, -0.1) is 0 Å². The Kier molecular flexibility index (Phi) is 5.00. The highest BCUT2D eigenvalue weighted by atomic mass is 79.9. The van der Waals surface area contributed by atoms with Crippen LogP contribution in [0.25, 0.3) is 0 Å². The van der Waals surface area contributed by atoms with Crippen LogP contribution in [0.5, 0.6) is 0 Å². The maximum Gasteiger partial charge on any atom is 0.251 e. The number of rotatable bonds is 3. The molecule has 0 unspecified atom stereocenters. The number of piperidine rings is 1. The summed E-state index contributed by atoms with van der Waals surface area (Å²) in [5.74, 6) is -0.308. The van der Waals surface area contributed by atoms with Gasteiger partial charge in [-0.25, -0.2) is 0 Å². The topological polar surface area (TPSA) is 75.4 Å². The highest BCUT2D eigenvalue weighted by Crippen LogP contribution is 2.20. The van der Waals surface area contributed by atoms with Crippen LogP contribution >= 0.6 is 15.9 Å². The maximum absolute atomic E-state index is 11.9. The lowest BCUT2D eigenvalue weighted by atomic mass is 10.1. The standard InChI is InChI=1S/C14H18BrN3O2/c15-11-5-4-10(8-12(11)16)14(20)17-9-13(19)18-6-2-1-3-7-18/h4-5,8H,1-3,6-7,9,16H2,(H,17,20). The van der Waals surface area contributed by atoms with Crippen molar-refractivity contribution in [3.05, 3.63) is 28.2 Å². The fourth-order valence-electron chi connectivity index (χ4n) is 2.20. The first kappa shape index (κ1) is 14.8. The predicted molar refractivity (Wildman–Crippen MR) is 81.3 cm³/mol. The lowest BCUT2D eigenvalue weighted by Crippen LogP contribution is -2.42. The Hall–Kier alpha value is -1.56. The maximum atomic E-state index is 11.9. The fourth-order valence-corrected chi connectivity index (χ4v) is 2.44. The van der Waals surface area contributed by atoms with Crippen molar-refractivity contribution < 1.29 is 9.59 Å². The molecule has 0 spiro atoms. The number of hydrogen-bond acceptors (Lipinski definition) is 3. The van der Waals surface area contributed by atoms with Gasteiger partial charge in [0.25, 0.3) is 5.91 Å². The molecule has 20 heavy (non-hydrogen) atoms. The summed E-state index contributed by atoms with van der Waals surface area (Å²) >= 11 is 3.28. The van der Waals surface area contributed by atoms with Gasteiger partial charge in [0.05, 0.1) is 6.54 Å². The predicted octanol–water partition coefficient (Wildman–Crippen LogP) is 1.77. The van der Waals surface area contributed by atoms with Gasteiger partial charge in [-0.3, -0.25) is 9.59 Å². The summed E-state index contributed by atoms with van der Waals surface area (Å²) in [4.78, 5) is 25.7. The first-order valence-electron chi connectivity index (χ1n) is 6.69. The Balaban J connectivity index is 1.88. The van der Waals surface area contributed by atoms with Gasteiger partial charge in [-0.1, -0.05) is 0 Å². The van der Waals surface area contributed by atoms with Crippen molar-refractivity contribution in [2.24, 2.45) is 0 Å². The van der Waals surface area contributed by atoms with Gasteiger partial charge in [-0.2, -0.15) is 0 Å². The minimum Gasteiger partial charge on any atom is -0.398 e. The summed E-state index contributed by atoms with van der Waals surface area (Å²) in [5, 5.41) is 2.64. The van der Waals surface area contributed by atoms with Crippen molar-refractivity contribution in [2.75, 3.05) is 25.4 Å². The van der Waals surface area contributed by atoms with Gasteiger partial charge in [-0.05, 0) is 53.4 Å². The molecule has 0 saturated carbocycles. The highest BCUT2D eigenvalue weighted by molar-refractivity contribution is 9.10. The Morgan fingerprint density at radius 3 is 2.60 bits per heavy atom. The molecule has 1 aliphatic heterocycles. The van der Waals surface area contributed by atoms with Crippen LogP contribution in [-0.2, 0) is 4.79 Å². The van der Waals surface area contributed by atoms with E-state index < -0.39 is 0 Å². The molecule has 1 aliphatic rings. The minimum absolute atomic E-state index is 0.0249. The molecule has 0 bridgehead atoms. The molecule has 2 amide bonds. The van der Waals surface area contributed by atoms with E-state index in [1.807, 2.05) is 0 Å². The van der Waals surface area contributed by atoms with E-state index in [0.29, 0.717) is 11.3 Å². The van der Waals surface area contributed by atoms with Crippen LogP contribution in [0.1, 0.15) is 29.6 Å². The SMILES string of the molecule is Nc1cc(C(=O)NCC(=O)N2CCCCC2)ccc1Br. The van der Waals surface area contributed by atoms with Gasteiger partial charge in [0.2, 0.25) is 5.91 Å². The minimum atomic E-state index is -0.283. The van der Waals surface area contributed by atoms with Crippen molar-refractivity contribution in [3.63, 3.8) is 0 Å². The molecule has 0 atom stereocenters. The first-order valence-corrected chi connectivity index (χ1v) is 7.48. The number of benzene rings is 1. The van der Waals surface area contributed by atoms with E-state index in [-0.39, 0.29) is 18.4 Å². The van der Waals surface area contributed by atoms with Gasteiger partial charge in [0.15, 0.2) is 0 Å². The van der Waals surface area contributed by atoms with Crippen LogP contribution in [0.2, 0.25) is 0 Å². The second-order valence-electron chi connectivity index (χ2n) is 4.86. The van der Waals surface area contributed by atoms with E-state index >= 15 is 0 Å². The molecule has 1 aromatic rings. The number of nitrogen functional groups attached to an aromatic ring is 1. The molecule has 0 aliphatic carbocycles. The molecule has 1 saturated heterocycles. The number of hydrogen-bond donors (Lipinski definition) is 2. The van der Waals surface area contributed by atoms with Crippen LogP contribution < -0.4 is 11.1 Å². The van der Waals surface area contributed by atoms with Gasteiger partial charge in [0, 0.05) is 28.8 Å². The zero-order valence-corrected chi connectivity index (χ0v) is 12.8. The highest BCUT2D eigenvalue weighted by Gasteiger charge is 2.17. The van der Waals surface area contributed by atoms with Crippen LogP contribution in [0.4, 0.5) is 5.69 Å². The molecule has 1 aromatic carbocycles. The lowest BCUT2D eigenvalue weighted by Gasteiger charge is -2.26. The van der Waals surface area contributed by atoms with Crippen LogP contribution in [0, 0.1) is 0 Å². The molecule has 2 rings (SSSR count). The number of anilines is 1. The largest absolute Gasteiger partial charge is 0.398 e. The van der Waals surface area contributed by atoms with Crippen LogP contribution in [0.3, 0.4) is 0 Å². The van der Waals surface area contributed by atoms with Crippen LogP contribution in [0.15, 0.2) is 22.7 Å². The fraction of sp³-hybridized carbons (Fsp3) is 0.429. The second-order valence-corrected chi connectivity index (χ2v) is 5.71. The average Bonchev–Trinajstić information content (AvgIpc) is 2.48. The third-order valence-corrected chi connectivity index (χ3v) is 4.09. The molecule has 5 nitrogen and oxygen atoms in total. The van der Waals surface area contributed by atoms with E-state index in [9.17, 15) is 9.59 Å². The number of nitrogens with zero attached hydrogens (tertiary/aromatic N) is 1. The number of carbonyl (C=O) groups is 2. The number of likely N-dealkylation sites (tertiary alicyclic amines) is 1. The monoisotopic (exact) mass is 339 g/mol. The zero-order chi connectivity index (χ0) is 14.5. The summed E-state index contributed by atoms with van der Waals surface area (Å²) in [7, 11) is 0. The summed E-state index contributed by atoms with van der Waals surface area (Å²) in [6.45, 7) is 1.62. The molecule has 1 heterocycles. The number of amides is 2. The number of carbonyl (C=O) groups excluding carboxylic acids is 2. The summed E-state index contributed by atoms with van der Waals surface area (Å²) < 4.78 is 0.749. The van der Waals surface area contributed by atoms with Gasteiger partial charge < -0.3 is 16.0 Å². The number of nitrogens with one attached hydrogen (secondary N) is 1. The van der Waals surface area contributed by atoms with Crippen molar-refractivity contribution in [1.82, 2.24) is 10.2 Å². The van der Waals surface area contributed by atoms with Crippen molar-refractivity contribution in [1.29, 1.82) is 0 Å². The first-order chi connectivity index (χ1) is 9.58. The van der Waals surface area contributed by atoms with E-state index in [0.717, 1.165) is 30.4 Å². The quantitative estimate of drug-likeness (QED) is 0.824. The second kappa shape index (κ2) is 6.74. The van der Waals surface area contributed by atoms with E-state index in [4.69, 9.17) is 5.73 Å². The van der Waals surface area contributed by atoms with Crippen molar-refractivity contribution in [2.45, 2.75) is 19.3 Å². The molecular weight excluding hydrogens is 322 g/mol. The van der Waals surface area contributed by atoms with E-state index in [1.54, 1.807) is 23.1 Å². The lowest BCUT2D eigenvalue weighted by molar-refractivity contribution is -0.130. The summed E-state index contributed by atoms with van der Waals surface area (Å²) in [6, 6.07) is 4.97. The Labute approximate surface area is 126 Å². The molecular formula is C14H18BrN3O2. The molecule has 1 fully saturated rings. The molecule has 0 radical (unpaired) electrons. The third-order valence-electron chi connectivity index (χ3n) is 3.37. The summed E-state index contributed by atoms with van der Waals surface area (Å²) in [5.41, 5.74) is 6.68. The van der Waals surface area contributed by atoms with Crippen molar-refractivity contribution in [3.8, 4) is 0 Å². The number of halogens is 1. The zero-order valence-electron chi connectivity index (χ0n) is 11.2. The molecule has 6 heteroatoms. The van der Waals surface area contributed by atoms with Crippen LogP contribution in [-0.4, -0.2) is 36.3 Å². The van der Waals surface area contributed by atoms with Crippen molar-refractivity contribution >= 4 is 33.4 Å². The Morgan fingerprint density at radius 2 is 1.95 bits per heavy atom. The third kappa shape index (κ3) is 3.72. The molecule has 108 valence electrons. The summed E-state index contributed by atoms with van der Waals surface area (Å²) in [6.07, 6.45) is 3.26. The van der Waals surface area contributed by atoms with Gasteiger partial charge in [0.1, 0.15) is 0 Å². The normalized spacial score (nSPS) is 14.9. The Bertz CT molecular complexity index is 513. The average molecular weight is 340 g/mol. The number of nitrogens with two attached hydrogens (primary N) is 1. The molecule has 0 aromatic heterocycles. The van der Waals surface area contributed by atoms with E-state index in [1.165, 1.54) is 6.42 Å². The molecule has 3 N–H and O–H groups in total.